The fraction of sp³-hybridized carbons (Fsp3) is 0.556. The number of esters is 2. The summed E-state index contributed by atoms with van der Waals surface area (Å²) in [5.74, 6) is -2.13. The van der Waals surface area contributed by atoms with E-state index in [9.17, 15) is 35.1 Å². The Bertz CT molecular complexity index is 1110. The predicted octanol–water partition coefficient (Wildman–Crippen LogP) is -0.482. The number of hydrogen-bond donors (Lipinski definition) is 5. The lowest BCUT2D eigenvalue weighted by molar-refractivity contribution is -0.304. The first-order chi connectivity index (χ1) is 19.2. The van der Waals surface area contributed by atoms with Crippen molar-refractivity contribution in [1.82, 2.24) is 0 Å². The Kier molecular flexibility index (Phi) is 9.66. The quantitative estimate of drug-likeness (QED) is 0.139. The smallest absolute Gasteiger partial charge is 0.330 e. The molecule has 13 heteroatoms. The number of aliphatic hydroxyl groups is 4. The molecular formula is C27H34O13. The molecule has 3 aliphatic rings. The molecule has 4 rings (SSSR count). The van der Waals surface area contributed by atoms with Crippen LogP contribution in [-0.4, -0.2) is 109 Å². The molecule has 2 heterocycles. The molecule has 1 aromatic rings. The molecule has 0 amide bonds. The summed E-state index contributed by atoms with van der Waals surface area (Å²) in [5.41, 5.74) is 1.27. The van der Waals surface area contributed by atoms with Crippen molar-refractivity contribution in [1.29, 1.82) is 0 Å². The number of phenols is 1. The van der Waals surface area contributed by atoms with Crippen molar-refractivity contribution in [2.75, 3.05) is 40.6 Å². The van der Waals surface area contributed by atoms with Gasteiger partial charge in [0.2, 0.25) is 5.75 Å². The summed E-state index contributed by atoms with van der Waals surface area (Å²) in [6, 6.07) is 2.96. The first kappa shape index (κ1) is 29.8. The third kappa shape index (κ3) is 6.24. The lowest BCUT2D eigenvalue weighted by Crippen LogP contribution is -2.59. The molecule has 0 unspecified atom stereocenters. The standard InChI is InChI=1S/C27H34O13/c1-35-18-7-13(8-19(36-2)22(18)30)3-6-21(29)37-12-20-23(31)24(32)25(33)27(40-20)39-11-17-15-5-4-14(9-28)16(15)10-38-26(17)34/h3-4,6-8,15-17,20,23-25,27-28,30-33H,5,9-12H2,1-2H3/b6-3+/t15-,16+,17-,20+,23+,24-,25+,27+/m0/s1. The lowest BCUT2D eigenvalue weighted by atomic mass is 9.80. The van der Waals surface area contributed by atoms with E-state index in [4.69, 9.17) is 28.4 Å². The second-order valence-corrected chi connectivity index (χ2v) is 9.77. The van der Waals surface area contributed by atoms with Gasteiger partial charge >= 0.3 is 11.9 Å². The highest BCUT2D eigenvalue weighted by Gasteiger charge is 2.47. The number of fused-ring (bicyclic) bond motifs is 1. The number of phenolic OH excluding ortho intramolecular Hbond substituents is 1. The van der Waals surface area contributed by atoms with Gasteiger partial charge in [0.1, 0.15) is 31.0 Å². The van der Waals surface area contributed by atoms with Gasteiger partial charge in [-0.1, -0.05) is 6.08 Å². The van der Waals surface area contributed by atoms with Crippen molar-refractivity contribution in [3.8, 4) is 17.2 Å². The third-order valence-corrected chi connectivity index (χ3v) is 7.47. The number of aliphatic hydroxyl groups excluding tert-OH is 4. The van der Waals surface area contributed by atoms with Gasteiger partial charge in [-0.3, -0.25) is 4.79 Å². The average Bonchev–Trinajstić information content (AvgIpc) is 3.38. The molecule has 0 radical (unpaired) electrons. The molecule has 0 bridgehead atoms. The fourth-order valence-corrected chi connectivity index (χ4v) is 5.16. The number of rotatable bonds is 10. The van der Waals surface area contributed by atoms with E-state index in [1.54, 1.807) is 0 Å². The van der Waals surface area contributed by atoms with Crippen LogP contribution in [0.1, 0.15) is 12.0 Å². The van der Waals surface area contributed by atoms with E-state index in [1.807, 2.05) is 6.08 Å². The number of ether oxygens (including phenoxy) is 6. The topological polar surface area (TPSA) is 191 Å². The Hall–Kier alpha value is -3.20. The maximum absolute atomic E-state index is 12.4. The summed E-state index contributed by atoms with van der Waals surface area (Å²) in [6.45, 7) is -0.620. The Morgan fingerprint density at radius 1 is 1.07 bits per heavy atom. The number of carbonyl (C=O) groups is 2. The number of hydrogen-bond acceptors (Lipinski definition) is 13. The minimum Gasteiger partial charge on any atom is -0.502 e. The van der Waals surface area contributed by atoms with E-state index in [0.29, 0.717) is 12.0 Å². The number of cyclic esters (lactones) is 1. The number of allylic oxidation sites excluding steroid dienone is 1. The highest BCUT2D eigenvalue weighted by molar-refractivity contribution is 5.87. The maximum atomic E-state index is 12.4. The molecule has 1 aromatic carbocycles. The molecule has 0 aromatic heterocycles. The van der Waals surface area contributed by atoms with Gasteiger partial charge in [-0.25, -0.2) is 4.79 Å². The van der Waals surface area contributed by atoms with Gasteiger partial charge in [0.05, 0.1) is 40.0 Å². The van der Waals surface area contributed by atoms with Gasteiger partial charge in [-0.15, -0.1) is 0 Å². The lowest BCUT2D eigenvalue weighted by Gasteiger charge is -2.41. The minimum absolute atomic E-state index is 0.120. The second kappa shape index (κ2) is 13.0. The molecule has 8 atom stereocenters. The number of methoxy groups -OCH3 is 2. The molecule has 13 nitrogen and oxygen atoms in total. The molecule has 0 saturated carbocycles. The van der Waals surface area contributed by atoms with Crippen molar-refractivity contribution in [2.24, 2.45) is 17.8 Å². The number of aromatic hydroxyl groups is 1. The van der Waals surface area contributed by atoms with Crippen molar-refractivity contribution in [3.63, 3.8) is 0 Å². The van der Waals surface area contributed by atoms with Crippen molar-refractivity contribution < 1.29 is 63.5 Å². The maximum Gasteiger partial charge on any atom is 0.330 e. The zero-order valence-electron chi connectivity index (χ0n) is 22.0. The molecule has 2 fully saturated rings. The van der Waals surface area contributed by atoms with E-state index in [1.165, 1.54) is 32.4 Å². The van der Waals surface area contributed by atoms with Gasteiger partial charge < -0.3 is 54.0 Å². The summed E-state index contributed by atoms with van der Waals surface area (Å²) in [4.78, 5) is 24.7. The Balaban J connectivity index is 1.34. The summed E-state index contributed by atoms with van der Waals surface area (Å²) >= 11 is 0. The van der Waals surface area contributed by atoms with Crippen LogP contribution < -0.4 is 9.47 Å². The molecule has 5 N–H and O–H groups in total. The zero-order valence-corrected chi connectivity index (χ0v) is 22.0. The molecule has 40 heavy (non-hydrogen) atoms. The molecule has 2 aliphatic heterocycles. The first-order valence-corrected chi connectivity index (χ1v) is 12.8. The number of carbonyl (C=O) groups excluding carboxylic acids is 2. The minimum atomic E-state index is -1.67. The van der Waals surface area contributed by atoms with Gasteiger partial charge in [-0.05, 0) is 41.7 Å². The van der Waals surface area contributed by atoms with Crippen LogP contribution >= 0.6 is 0 Å². The van der Waals surface area contributed by atoms with Crippen LogP contribution in [-0.2, 0) is 28.5 Å². The van der Waals surface area contributed by atoms with Crippen molar-refractivity contribution >= 4 is 18.0 Å². The highest BCUT2D eigenvalue weighted by Crippen LogP contribution is 2.41. The average molecular weight is 567 g/mol. The second-order valence-electron chi connectivity index (χ2n) is 9.77. The first-order valence-electron chi connectivity index (χ1n) is 12.8. The van der Waals surface area contributed by atoms with Crippen LogP contribution in [0, 0.1) is 17.8 Å². The molecular weight excluding hydrogens is 532 g/mol. The van der Waals surface area contributed by atoms with Gasteiger partial charge in [-0.2, -0.15) is 0 Å². The van der Waals surface area contributed by atoms with Crippen LogP contribution in [0.4, 0.5) is 0 Å². The Morgan fingerprint density at radius 2 is 1.77 bits per heavy atom. The highest BCUT2D eigenvalue weighted by atomic mass is 16.7. The zero-order chi connectivity index (χ0) is 29.0. The normalized spacial score (nSPS) is 31.9. The summed E-state index contributed by atoms with van der Waals surface area (Å²) < 4.78 is 31.8. The fourth-order valence-electron chi connectivity index (χ4n) is 5.16. The van der Waals surface area contributed by atoms with Crippen molar-refractivity contribution in [2.45, 2.75) is 37.1 Å². The molecule has 0 spiro atoms. The molecule has 220 valence electrons. The van der Waals surface area contributed by atoms with Crippen LogP contribution in [0.2, 0.25) is 0 Å². The predicted molar refractivity (Wildman–Crippen MR) is 135 cm³/mol. The van der Waals surface area contributed by atoms with Gasteiger partial charge in [0.25, 0.3) is 0 Å². The molecule has 2 saturated heterocycles. The molecule has 1 aliphatic carbocycles. The van der Waals surface area contributed by atoms with Crippen LogP contribution in [0.25, 0.3) is 6.08 Å². The monoisotopic (exact) mass is 566 g/mol. The summed E-state index contributed by atoms with van der Waals surface area (Å²) in [6.07, 6.45) is -2.62. The summed E-state index contributed by atoms with van der Waals surface area (Å²) in [7, 11) is 2.73. The van der Waals surface area contributed by atoms with Gasteiger partial charge in [0.15, 0.2) is 17.8 Å². The summed E-state index contributed by atoms with van der Waals surface area (Å²) in [5, 5.41) is 50.7. The Labute approximate surface area is 230 Å². The van der Waals surface area contributed by atoms with E-state index < -0.39 is 55.2 Å². The van der Waals surface area contributed by atoms with Gasteiger partial charge in [0, 0.05) is 12.0 Å². The number of benzene rings is 1. The van der Waals surface area contributed by atoms with Crippen LogP contribution in [0.3, 0.4) is 0 Å². The van der Waals surface area contributed by atoms with Crippen LogP contribution in [0.15, 0.2) is 29.9 Å². The largest absolute Gasteiger partial charge is 0.502 e. The Morgan fingerprint density at radius 3 is 2.42 bits per heavy atom. The van der Waals surface area contributed by atoms with E-state index in [0.717, 1.165) is 11.6 Å². The van der Waals surface area contributed by atoms with E-state index >= 15 is 0 Å². The van der Waals surface area contributed by atoms with Crippen molar-refractivity contribution in [3.05, 3.63) is 35.4 Å². The van der Waals surface area contributed by atoms with E-state index in [-0.39, 0.29) is 48.9 Å². The SMILES string of the molecule is COc1cc(/C=C/C(=O)OC[C@H]2O[C@@H](OC[C@@H]3C(=O)OC[C@@H]4C(CO)=CC[C@H]34)[C@H](O)[C@@H](O)[C@@H]2O)cc(OC)c1O. The van der Waals surface area contributed by atoms with Crippen LogP contribution in [0.5, 0.6) is 17.2 Å². The third-order valence-electron chi connectivity index (χ3n) is 7.47. The van der Waals surface area contributed by atoms with E-state index in [2.05, 4.69) is 0 Å².